The van der Waals surface area contributed by atoms with Crippen molar-refractivity contribution >= 4 is 17.5 Å². The normalized spacial score (nSPS) is 17.6. The molecule has 0 saturated carbocycles. The summed E-state index contributed by atoms with van der Waals surface area (Å²) >= 11 is 6.32. The smallest absolute Gasteiger partial charge is 0.251 e. The van der Waals surface area contributed by atoms with E-state index in [1.165, 1.54) is 11.1 Å². The number of piperidine rings is 1. The SMILES string of the molecule is Cc1ccccc1CN1CCC(NC(=O)c2cc(Cl)c3c(c2)OCCCO3)CC1. The summed E-state index contributed by atoms with van der Waals surface area (Å²) in [6.45, 7) is 6.20. The Morgan fingerprint density at radius 2 is 1.93 bits per heavy atom. The van der Waals surface area contributed by atoms with Gasteiger partial charge in [-0.25, -0.2) is 0 Å². The Hall–Kier alpha value is -2.24. The molecule has 6 heteroatoms. The molecular formula is C23H27ClN2O3. The van der Waals surface area contributed by atoms with E-state index in [2.05, 4.69) is 41.4 Å². The van der Waals surface area contributed by atoms with Crippen LogP contribution in [0.3, 0.4) is 0 Å². The fourth-order valence-corrected chi connectivity index (χ4v) is 4.16. The second kappa shape index (κ2) is 9.06. The predicted molar refractivity (Wildman–Crippen MR) is 114 cm³/mol. The Labute approximate surface area is 176 Å². The van der Waals surface area contributed by atoms with Crippen molar-refractivity contribution in [2.45, 2.75) is 38.8 Å². The zero-order valence-electron chi connectivity index (χ0n) is 16.7. The highest BCUT2D eigenvalue weighted by atomic mass is 35.5. The van der Waals surface area contributed by atoms with E-state index in [9.17, 15) is 4.79 Å². The molecule has 0 unspecified atom stereocenters. The summed E-state index contributed by atoms with van der Waals surface area (Å²) in [6, 6.07) is 12.1. The van der Waals surface area contributed by atoms with Gasteiger partial charge in [0.25, 0.3) is 5.91 Å². The number of hydrogen-bond donors (Lipinski definition) is 1. The average Bonchev–Trinajstić information content (AvgIpc) is 2.97. The van der Waals surface area contributed by atoms with Gasteiger partial charge in [0.2, 0.25) is 0 Å². The molecule has 1 amide bonds. The van der Waals surface area contributed by atoms with E-state index in [1.54, 1.807) is 12.1 Å². The predicted octanol–water partition coefficient (Wildman–Crippen LogP) is 4.20. The molecule has 2 heterocycles. The molecule has 0 aromatic heterocycles. The lowest BCUT2D eigenvalue weighted by Crippen LogP contribution is -2.44. The van der Waals surface area contributed by atoms with Gasteiger partial charge in [0.1, 0.15) is 0 Å². The van der Waals surface area contributed by atoms with Crippen molar-refractivity contribution in [3.05, 3.63) is 58.1 Å². The first kappa shape index (κ1) is 20.0. The van der Waals surface area contributed by atoms with E-state index < -0.39 is 0 Å². The molecule has 2 aliphatic rings. The van der Waals surface area contributed by atoms with Crippen LogP contribution in [0.1, 0.15) is 40.7 Å². The number of likely N-dealkylation sites (tertiary alicyclic amines) is 1. The highest BCUT2D eigenvalue weighted by Crippen LogP contribution is 2.38. The van der Waals surface area contributed by atoms with Gasteiger partial charge in [-0.3, -0.25) is 9.69 Å². The lowest BCUT2D eigenvalue weighted by atomic mass is 10.0. The Morgan fingerprint density at radius 1 is 1.17 bits per heavy atom. The van der Waals surface area contributed by atoms with E-state index in [0.29, 0.717) is 35.3 Å². The maximum atomic E-state index is 12.8. The second-order valence-electron chi connectivity index (χ2n) is 7.79. The van der Waals surface area contributed by atoms with Gasteiger partial charge < -0.3 is 14.8 Å². The molecular weight excluding hydrogens is 388 g/mol. The number of rotatable bonds is 4. The van der Waals surface area contributed by atoms with Crippen LogP contribution in [-0.2, 0) is 6.54 Å². The maximum Gasteiger partial charge on any atom is 0.251 e. The molecule has 0 atom stereocenters. The number of hydrogen-bond acceptors (Lipinski definition) is 4. The van der Waals surface area contributed by atoms with Crippen LogP contribution in [0.5, 0.6) is 11.5 Å². The number of nitrogens with one attached hydrogen (secondary N) is 1. The van der Waals surface area contributed by atoms with Gasteiger partial charge in [-0.1, -0.05) is 35.9 Å². The van der Waals surface area contributed by atoms with Crippen molar-refractivity contribution < 1.29 is 14.3 Å². The van der Waals surface area contributed by atoms with Crippen LogP contribution < -0.4 is 14.8 Å². The lowest BCUT2D eigenvalue weighted by molar-refractivity contribution is 0.0908. The molecule has 1 saturated heterocycles. The third kappa shape index (κ3) is 4.85. The summed E-state index contributed by atoms with van der Waals surface area (Å²) in [4.78, 5) is 15.2. The monoisotopic (exact) mass is 414 g/mol. The van der Waals surface area contributed by atoms with Crippen LogP contribution in [-0.4, -0.2) is 43.2 Å². The number of aryl methyl sites for hydroxylation is 1. The highest BCUT2D eigenvalue weighted by molar-refractivity contribution is 6.32. The molecule has 2 aromatic rings. The molecule has 154 valence electrons. The summed E-state index contributed by atoms with van der Waals surface area (Å²) in [5.41, 5.74) is 3.22. The third-order valence-corrected chi connectivity index (χ3v) is 5.92. The van der Waals surface area contributed by atoms with Crippen LogP contribution in [0.4, 0.5) is 0 Å². The van der Waals surface area contributed by atoms with E-state index >= 15 is 0 Å². The molecule has 1 N–H and O–H groups in total. The molecule has 2 aromatic carbocycles. The molecule has 2 aliphatic heterocycles. The van der Waals surface area contributed by atoms with Gasteiger partial charge in [-0.15, -0.1) is 0 Å². The Morgan fingerprint density at radius 3 is 2.72 bits per heavy atom. The first-order valence-corrected chi connectivity index (χ1v) is 10.6. The molecule has 4 rings (SSSR count). The van der Waals surface area contributed by atoms with E-state index in [1.807, 2.05) is 0 Å². The standard InChI is InChI=1S/C23H27ClN2O3/c1-16-5-2-3-6-17(16)15-26-9-7-19(8-10-26)25-23(27)18-13-20(24)22-21(14-18)28-11-4-12-29-22/h2-3,5-6,13-14,19H,4,7-12,15H2,1H3,(H,25,27). The molecule has 5 nitrogen and oxygen atoms in total. The quantitative estimate of drug-likeness (QED) is 0.814. The summed E-state index contributed by atoms with van der Waals surface area (Å²) in [5.74, 6) is 0.971. The van der Waals surface area contributed by atoms with Gasteiger partial charge >= 0.3 is 0 Å². The number of halogens is 1. The fourth-order valence-electron chi connectivity index (χ4n) is 3.89. The Bertz CT molecular complexity index is 878. The van der Waals surface area contributed by atoms with E-state index in [0.717, 1.165) is 38.9 Å². The Balaban J connectivity index is 1.34. The van der Waals surface area contributed by atoms with Gasteiger partial charge in [-0.2, -0.15) is 0 Å². The largest absolute Gasteiger partial charge is 0.489 e. The molecule has 29 heavy (non-hydrogen) atoms. The van der Waals surface area contributed by atoms with Crippen molar-refractivity contribution in [3.63, 3.8) is 0 Å². The van der Waals surface area contributed by atoms with Crippen molar-refractivity contribution in [2.75, 3.05) is 26.3 Å². The van der Waals surface area contributed by atoms with Crippen LogP contribution in [0.15, 0.2) is 36.4 Å². The number of benzene rings is 2. The maximum absolute atomic E-state index is 12.8. The summed E-state index contributed by atoms with van der Waals surface area (Å²) in [5, 5.41) is 3.58. The van der Waals surface area contributed by atoms with Crippen LogP contribution in [0.25, 0.3) is 0 Å². The highest BCUT2D eigenvalue weighted by Gasteiger charge is 2.23. The third-order valence-electron chi connectivity index (χ3n) is 5.64. The molecule has 1 fully saturated rings. The van der Waals surface area contributed by atoms with Gasteiger partial charge in [0.15, 0.2) is 11.5 Å². The minimum absolute atomic E-state index is 0.111. The average molecular weight is 415 g/mol. The van der Waals surface area contributed by atoms with Crippen molar-refractivity contribution in [1.82, 2.24) is 10.2 Å². The number of carbonyl (C=O) groups excluding carboxylic acids is 1. The van der Waals surface area contributed by atoms with Crippen molar-refractivity contribution in [2.24, 2.45) is 0 Å². The molecule has 0 bridgehead atoms. The van der Waals surface area contributed by atoms with Crippen LogP contribution >= 0.6 is 11.6 Å². The minimum Gasteiger partial charge on any atom is -0.489 e. The molecule has 0 aliphatic carbocycles. The van der Waals surface area contributed by atoms with Crippen LogP contribution in [0.2, 0.25) is 5.02 Å². The van der Waals surface area contributed by atoms with Gasteiger partial charge in [0.05, 0.1) is 18.2 Å². The zero-order valence-corrected chi connectivity index (χ0v) is 17.5. The molecule has 0 spiro atoms. The fraction of sp³-hybridized carbons (Fsp3) is 0.435. The first-order chi connectivity index (χ1) is 14.1. The van der Waals surface area contributed by atoms with Gasteiger partial charge in [0, 0.05) is 37.7 Å². The van der Waals surface area contributed by atoms with Gasteiger partial charge in [-0.05, 0) is 43.0 Å². The van der Waals surface area contributed by atoms with E-state index in [-0.39, 0.29) is 11.9 Å². The number of amides is 1. The minimum atomic E-state index is -0.111. The number of carbonyl (C=O) groups is 1. The van der Waals surface area contributed by atoms with Crippen molar-refractivity contribution in [1.29, 1.82) is 0 Å². The summed E-state index contributed by atoms with van der Waals surface area (Å²) in [6.07, 6.45) is 2.68. The first-order valence-electron chi connectivity index (χ1n) is 10.3. The van der Waals surface area contributed by atoms with E-state index in [4.69, 9.17) is 21.1 Å². The molecule has 0 radical (unpaired) electrons. The van der Waals surface area contributed by atoms with Crippen LogP contribution in [0, 0.1) is 6.92 Å². The summed E-state index contributed by atoms with van der Waals surface area (Å²) in [7, 11) is 0. The lowest BCUT2D eigenvalue weighted by Gasteiger charge is -2.32. The number of nitrogens with zero attached hydrogens (tertiary/aromatic N) is 1. The second-order valence-corrected chi connectivity index (χ2v) is 8.19. The topological polar surface area (TPSA) is 50.8 Å². The Kier molecular flexibility index (Phi) is 6.26. The number of fused-ring (bicyclic) bond motifs is 1. The summed E-state index contributed by atoms with van der Waals surface area (Å²) < 4.78 is 11.3. The number of ether oxygens (including phenoxy) is 2. The zero-order chi connectivity index (χ0) is 20.2. The van der Waals surface area contributed by atoms with Crippen molar-refractivity contribution in [3.8, 4) is 11.5 Å².